The van der Waals surface area contributed by atoms with Crippen LogP contribution in [0.15, 0.2) is 54.6 Å². The van der Waals surface area contributed by atoms with E-state index < -0.39 is 36.6 Å². The number of hydrogen-bond donors (Lipinski definition) is 0. The van der Waals surface area contributed by atoms with Crippen LogP contribution in [-0.2, 0) is 25.0 Å². The number of rotatable bonds is 5. The molecule has 32 heavy (non-hydrogen) atoms. The molecule has 4 nitrogen and oxygen atoms in total. The van der Waals surface area contributed by atoms with E-state index in [1.165, 1.54) is 16.7 Å². The largest absolute Gasteiger partial charge is 0.459 e. The van der Waals surface area contributed by atoms with Crippen LogP contribution >= 0.6 is 0 Å². The summed E-state index contributed by atoms with van der Waals surface area (Å²) in [7, 11) is -0.827. The lowest BCUT2D eigenvalue weighted by Gasteiger charge is -2.32. The summed E-state index contributed by atoms with van der Waals surface area (Å²) in [6.07, 6.45) is 0.739. The second kappa shape index (κ2) is 8.02. The van der Waals surface area contributed by atoms with Gasteiger partial charge in [0, 0.05) is 5.72 Å². The van der Waals surface area contributed by atoms with Crippen molar-refractivity contribution in [3.63, 3.8) is 0 Å². The summed E-state index contributed by atoms with van der Waals surface area (Å²) >= 11 is 0. The summed E-state index contributed by atoms with van der Waals surface area (Å²) in [6, 6.07) is 19.2. The smallest absolute Gasteiger partial charge is 0.403 e. The maximum Gasteiger partial charge on any atom is 0.459 e. The van der Waals surface area contributed by atoms with Crippen LogP contribution in [0.2, 0.25) is 5.72 Å². The molecule has 0 spiro atoms. The molecule has 2 aliphatic heterocycles. The van der Waals surface area contributed by atoms with Gasteiger partial charge < -0.3 is 18.6 Å². The zero-order valence-electron chi connectivity index (χ0n) is 20.8. The average Bonchev–Trinajstić information content (AvgIpc) is 3.06. The highest BCUT2D eigenvalue weighted by Gasteiger charge is 2.61. The zero-order chi connectivity index (χ0) is 23.4. The van der Waals surface area contributed by atoms with Gasteiger partial charge in [0.1, 0.15) is 0 Å². The highest BCUT2D eigenvalue weighted by atomic mass is 16.7. The van der Waals surface area contributed by atoms with E-state index in [-0.39, 0.29) is 5.72 Å². The van der Waals surface area contributed by atoms with Crippen LogP contribution in [0.3, 0.4) is 0 Å². The molecule has 0 bridgehead atoms. The van der Waals surface area contributed by atoms with Crippen LogP contribution in [0.5, 0.6) is 0 Å². The Kier molecular flexibility index (Phi) is 5.90. The van der Waals surface area contributed by atoms with Gasteiger partial charge in [0.05, 0.1) is 22.4 Å². The van der Waals surface area contributed by atoms with Crippen LogP contribution in [0.25, 0.3) is 11.1 Å². The molecule has 2 aromatic rings. The Labute approximate surface area is 194 Å². The molecule has 0 aromatic heterocycles. The van der Waals surface area contributed by atoms with Crippen molar-refractivity contribution in [1.82, 2.24) is 0 Å². The molecule has 0 atom stereocenters. The lowest BCUT2D eigenvalue weighted by molar-refractivity contribution is 0.00578. The second-order valence-electron chi connectivity index (χ2n) is 11.2. The Hall–Kier alpha value is -1.59. The van der Waals surface area contributed by atoms with Crippen molar-refractivity contribution in [2.75, 3.05) is 0 Å². The SMILES string of the molecule is CC1(C)OB(C(Cc2ccc(-c3ccccc3)cc2)B2OC(C)(C)C(C)(C)O2)OC1(C)C. The summed E-state index contributed by atoms with van der Waals surface area (Å²) in [5.74, 6) is 0. The van der Waals surface area contributed by atoms with E-state index >= 15 is 0 Å². The third-order valence-electron chi connectivity index (χ3n) is 7.77. The molecule has 0 unspecified atom stereocenters. The third kappa shape index (κ3) is 4.31. The van der Waals surface area contributed by atoms with Gasteiger partial charge in [-0.25, -0.2) is 0 Å². The fourth-order valence-corrected chi connectivity index (χ4v) is 4.18. The molecule has 2 fully saturated rings. The maximum atomic E-state index is 6.46. The van der Waals surface area contributed by atoms with Crippen molar-refractivity contribution in [2.24, 2.45) is 0 Å². The zero-order valence-corrected chi connectivity index (χ0v) is 20.8. The first-order valence-corrected chi connectivity index (χ1v) is 11.7. The fraction of sp³-hybridized carbons (Fsp3) is 0.538. The first kappa shape index (κ1) is 23.6. The van der Waals surface area contributed by atoms with E-state index in [1.54, 1.807) is 0 Å². The average molecular weight is 434 g/mol. The molecule has 0 N–H and O–H groups in total. The van der Waals surface area contributed by atoms with E-state index in [2.05, 4.69) is 104 Å². The van der Waals surface area contributed by atoms with Gasteiger partial charge in [-0.15, -0.1) is 0 Å². The van der Waals surface area contributed by atoms with Gasteiger partial charge in [-0.05, 0) is 78.5 Å². The van der Waals surface area contributed by atoms with E-state index in [4.69, 9.17) is 18.6 Å². The molecular weight excluding hydrogens is 398 g/mol. The third-order valence-corrected chi connectivity index (χ3v) is 7.77. The molecule has 2 aromatic carbocycles. The molecule has 2 saturated heterocycles. The van der Waals surface area contributed by atoms with Gasteiger partial charge in [-0.1, -0.05) is 54.6 Å². The Morgan fingerprint density at radius 3 is 1.34 bits per heavy atom. The summed E-state index contributed by atoms with van der Waals surface area (Å²) in [5.41, 5.74) is 1.91. The number of hydrogen-bond acceptors (Lipinski definition) is 4. The monoisotopic (exact) mass is 434 g/mol. The first-order chi connectivity index (χ1) is 14.8. The molecule has 0 radical (unpaired) electrons. The molecule has 170 valence electrons. The molecule has 2 heterocycles. The normalized spacial score (nSPS) is 23.2. The van der Waals surface area contributed by atoms with Gasteiger partial charge in [0.2, 0.25) is 0 Å². The fourth-order valence-electron chi connectivity index (χ4n) is 4.18. The van der Waals surface area contributed by atoms with Crippen LogP contribution in [-0.4, -0.2) is 36.6 Å². The second-order valence-corrected chi connectivity index (χ2v) is 11.2. The Bertz CT molecular complexity index is 870. The molecule has 4 rings (SSSR count). The van der Waals surface area contributed by atoms with Crippen molar-refractivity contribution in [3.05, 3.63) is 60.2 Å². The van der Waals surface area contributed by atoms with E-state index in [1.807, 2.05) is 6.07 Å². The van der Waals surface area contributed by atoms with Crippen LogP contribution in [0, 0.1) is 0 Å². The highest BCUT2D eigenvalue weighted by molar-refractivity contribution is 6.68. The van der Waals surface area contributed by atoms with E-state index in [0.29, 0.717) is 0 Å². The molecule has 0 aliphatic carbocycles. The van der Waals surface area contributed by atoms with Crippen molar-refractivity contribution in [1.29, 1.82) is 0 Å². The molecule has 0 saturated carbocycles. The Morgan fingerprint density at radius 2 is 0.938 bits per heavy atom. The van der Waals surface area contributed by atoms with Gasteiger partial charge in [-0.2, -0.15) is 0 Å². The van der Waals surface area contributed by atoms with Gasteiger partial charge >= 0.3 is 14.2 Å². The van der Waals surface area contributed by atoms with Gasteiger partial charge in [-0.3, -0.25) is 0 Å². The summed E-state index contributed by atoms with van der Waals surface area (Å²) in [4.78, 5) is 0. The topological polar surface area (TPSA) is 36.9 Å². The predicted molar refractivity (Wildman–Crippen MR) is 131 cm³/mol. The van der Waals surface area contributed by atoms with Crippen molar-refractivity contribution >= 4 is 14.2 Å². The van der Waals surface area contributed by atoms with Crippen LogP contribution in [0.1, 0.15) is 61.0 Å². The van der Waals surface area contributed by atoms with E-state index in [0.717, 1.165) is 6.42 Å². The molecule has 0 amide bonds. The van der Waals surface area contributed by atoms with Crippen molar-refractivity contribution in [3.8, 4) is 11.1 Å². The van der Waals surface area contributed by atoms with Crippen LogP contribution < -0.4 is 0 Å². The maximum absolute atomic E-state index is 6.46. The summed E-state index contributed by atoms with van der Waals surface area (Å²) in [5, 5.41) is 0. The summed E-state index contributed by atoms with van der Waals surface area (Å²) < 4.78 is 25.8. The van der Waals surface area contributed by atoms with Crippen LogP contribution in [0.4, 0.5) is 0 Å². The van der Waals surface area contributed by atoms with Crippen molar-refractivity contribution < 1.29 is 18.6 Å². The highest BCUT2D eigenvalue weighted by Crippen LogP contribution is 2.46. The lowest BCUT2D eigenvalue weighted by Crippen LogP contribution is -2.41. The molecular formula is C26H36B2O4. The van der Waals surface area contributed by atoms with Crippen molar-refractivity contribution in [2.45, 2.75) is 89.9 Å². The van der Waals surface area contributed by atoms with E-state index in [9.17, 15) is 0 Å². The molecule has 2 aliphatic rings. The van der Waals surface area contributed by atoms with Gasteiger partial charge in [0.15, 0.2) is 0 Å². The lowest BCUT2D eigenvalue weighted by atomic mass is 9.49. The standard InChI is InChI=1S/C26H36B2O4/c1-23(2)24(3,4)30-27(29-23)22(28-31-25(5,6)26(7,8)32-28)18-19-14-16-21(17-15-19)20-12-10-9-11-13-20/h9-17,22H,18H2,1-8H3. The first-order valence-electron chi connectivity index (χ1n) is 11.7. The minimum Gasteiger partial charge on any atom is -0.403 e. The number of benzene rings is 2. The quantitative estimate of drug-likeness (QED) is 0.542. The minimum absolute atomic E-state index is 0.0975. The van der Waals surface area contributed by atoms with Gasteiger partial charge in [0.25, 0.3) is 0 Å². The minimum atomic E-state index is -0.413. The summed E-state index contributed by atoms with van der Waals surface area (Å²) in [6.45, 7) is 16.7. The Morgan fingerprint density at radius 1 is 0.562 bits per heavy atom. The Balaban J connectivity index is 1.60. The molecule has 6 heteroatoms. The predicted octanol–water partition coefficient (Wildman–Crippen LogP) is 5.99.